The molecule has 0 fully saturated rings. The van der Waals surface area contributed by atoms with Gasteiger partial charge in [-0.2, -0.15) is 0 Å². The molecule has 0 aromatic heterocycles. The van der Waals surface area contributed by atoms with Gasteiger partial charge < -0.3 is 4.74 Å². The van der Waals surface area contributed by atoms with Crippen molar-refractivity contribution in [1.82, 2.24) is 0 Å². The van der Waals surface area contributed by atoms with Gasteiger partial charge in [0.15, 0.2) is 0 Å². The standard InChI is InChI=1S/C15H18O2/c1-3-4-10-15(17-13(2)16)12-11-14-8-6-5-7-9-14/h5-9,11H,3-4,10H2,1-2H3. The fourth-order valence-corrected chi connectivity index (χ4v) is 1.38. The lowest BCUT2D eigenvalue weighted by molar-refractivity contribution is -0.137. The van der Waals surface area contributed by atoms with Crippen LogP contribution in [-0.4, -0.2) is 5.97 Å². The van der Waals surface area contributed by atoms with Crippen LogP contribution in [-0.2, 0) is 9.53 Å². The average molecular weight is 230 g/mol. The van der Waals surface area contributed by atoms with Crippen LogP contribution in [0.1, 0.15) is 38.7 Å². The second kappa shape index (κ2) is 7.48. The summed E-state index contributed by atoms with van der Waals surface area (Å²) in [6.07, 6.45) is 4.66. The second-order valence-electron chi connectivity index (χ2n) is 3.82. The minimum absolute atomic E-state index is 0.287. The van der Waals surface area contributed by atoms with Gasteiger partial charge in [-0.1, -0.05) is 49.4 Å². The molecule has 0 aliphatic heterocycles. The number of unbranched alkanes of at least 4 members (excludes halogenated alkanes) is 1. The Morgan fingerprint density at radius 3 is 2.65 bits per heavy atom. The number of allylic oxidation sites excluding steroid dienone is 1. The average Bonchev–Trinajstić information content (AvgIpc) is 2.33. The Morgan fingerprint density at radius 1 is 1.35 bits per heavy atom. The highest BCUT2D eigenvalue weighted by molar-refractivity contribution is 5.67. The number of rotatable bonds is 5. The van der Waals surface area contributed by atoms with Crippen LogP contribution in [0.4, 0.5) is 0 Å². The van der Waals surface area contributed by atoms with Crippen molar-refractivity contribution in [3.05, 3.63) is 47.4 Å². The number of hydrogen-bond acceptors (Lipinski definition) is 2. The molecule has 0 aliphatic rings. The van der Waals surface area contributed by atoms with Crippen LogP contribution >= 0.6 is 0 Å². The molecule has 0 radical (unpaired) electrons. The third-order valence-corrected chi connectivity index (χ3v) is 2.22. The van der Waals surface area contributed by atoms with Gasteiger partial charge in [0.25, 0.3) is 0 Å². The SMILES string of the molecule is CCCCC(=C=Cc1ccccc1)OC(C)=O. The van der Waals surface area contributed by atoms with E-state index in [1.165, 1.54) is 6.92 Å². The van der Waals surface area contributed by atoms with Crippen LogP contribution in [0.3, 0.4) is 0 Å². The van der Waals surface area contributed by atoms with Gasteiger partial charge in [0, 0.05) is 13.3 Å². The zero-order valence-corrected chi connectivity index (χ0v) is 10.4. The van der Waals surface area contributed by atoms with E-state index in [1.54, 1.807) is 0 Å². The summed E-state index contributed by atoms with van der Waals surface area (Å²) in [5, 5.41) is 0. The van der Waals surface area contributed by atoms with E-state index < -0.39 is 0 Å². The summed E-state index contributed by atoms with van der Waals surface area (Å²) < 4.78 is 5.11. The first kappa shape index (κ1) is 13.3. The van der Waals surface area contributed by atoms with Crippen molar-refractivity contribution in [2.75, 3.05) is 0 Å². The highest BCUT2D eigenvalue weighted by atomic mass is 16.5. The third kappa shape index (κ3) is 5.74. The first-order chi connectivity index (χ1) is 8.22. The number of hydrogen-bond donors (Lipinski definition) is 0. The largest absolute Gasteiger partial charge is 0.423 e. The van der Waals surface area contributed by atoms with Gasteiger partial charge in [0.2, 0.25) is 0 Å². The summed E-state index contributed by atoms with van der Waals surface area (Å²) in [5.41, 5.74) is 4.10. The molecule has 0 amide bonds. The molecule has 0 spiro atoms. The molecule has 0 heterocycles. The molecule has 1 aromatic carbocycles. The summed E-state index contributed by atoms with van der Waals surface area (Å²) in [5.74, 6) is 0.327. The lowest BCUT2D eigenvalue weighted by Crippen LogP contribution is -1.97. The normalized spacial score (nSPS) is 9.29. The van der Waals surface area contributed by atoms with Gasteiger partial charge in [0.05, 0.1) is 0 Å². The van der Waals surface area contributed by atoms with Gasteiger partial charge in [-0.05, 0) is 18.1 Å². The summed E-state index contributed by atoms with van der Waals surface area (Å²) in [7, 11) is 0. The van der Waals surface area contributed by atoms with Gasteiger partial charge in [0.1, 0.15) is 5.76 Å². The first-order valence-electron chi connectivity index (χ1n) is 5.91. The van der Waals surface area contributed by atoms with Gasteiger partial charge in [-0.25, -0.2) is 0 Å². The van der Waals surface area contributed by atoms with E-state index in [-0.39, 0.29) is 5.97 Å². The highest BCUT2D eigenvalue weighted by Crippen LogP contribution is 2.09. The molecule has 0 atom stereocenters. The second-order valence-corrected chi connectivity index (χ2v) is 3.82. The zero-order chi connectivity index (χ0) is 12.5. The van der Waals surface area contributed by atoms with Crippen LogP contribution in [0.2, 0.25) is 0 Å². The monoisotopic (exact) mass is 230 g/mol. The Bertz CT molecular complexity index is 412. The maximum absolute atomic E-state index is 10.9. The van der Waals surface area contributed by atoms with Crippen molar-refractivity contribution in [2.24, 2.45) is 0 Å². The van der Waals surface area contributed by atoms with E-state index in [2.05, 4.69) is 12.7 Å². The van der Waals surface area contributed by atoms with E-state index in [0.717, 1.165) is 24.8 Å². The minimum Gasteiger partial charge on any atom is -0.423 e. The van der Waals surface area contributed by atoms with Crippen molar-refractivity contribution in [3.8, 4) is 0 Å². The molecule has 17 heavy (non-hydrogen) atoms. The van der Waals surface area contributed by atoms with Crippen LogP contribution in [0.25, 0.3) is 6.08 Å². The molecule has 1 rings (SSSR count). The lowest BCUT2D eigenvalue weighted by atomic mass is 10.2. The Hall–Kier alpha value is -1.79. The Balaban J connectivity index is 2.80. The van der Waals surface area contributed by atoms with E-state index in [4.69, 9.17) is 4.74 Å². The van der Waals surface area contributed by atoms with Gasteiger partial charge in [-0.3, -0.25) is 4.79 Å². The minimum atomic E-state index is -0.287. The fraction of sp³-hybridized carbons (Fsp3) is 0.333. The van der Waals surface area contributed by atoms with Crippen LogP contribution in [0, 0.1) is 0 Å². The summed E-state index contributed by atoms with van der Waals surface area (Å²) in [4.78, 5) is 10.9. The van der Waals surface area contributed by atoms with Crippen molar-refractivity contribution in [1.29, 1.82) is 0 Å². The number of carbonyl (C=O) groups excluding carboxylic acids is 1. The maximum atomic E-state index is 10.9. The topological polar surface area (TPSA) is 26.3 Å². The highest BCUT2D eigenvalue weighted by Gasteiger charge is 2.00. The molecular weight excluding hydrogens is 212 g/mol. The van der Waals surface area contributed by atoms with Crippen molar-refractivity contribution in [2.45, 2.75) is 33.1 Å². The number of esters is 1. The Labute approximate surface area is 103 Å². The fourth-order valence-electron chi connectivity index (χ4n) is 1.38. The molecule has 0 unspecified atom stereocenters. The molecule has 1 aromatic rings. The van der Waals surface area contributed by atoms with Crippen LogP contribution in [0.5, 0.6) is 0 Å². The Kier molecular flexibility index (Phi) is 5.84. The molecule has 2 nitrogen and oxygen atoms in total. The first-order valence-corrected chi connectivity index (χ1v) is 5.91. The third-order valence-electron chi connectivity index (χ3n) is 2.22. The van der Waals surface area contributed by atoms with Crippen molar-refractivity contribution in [3.63, 3.8) is 0 Å². The van der Waals surface area contributed by atoms with Crippen LogP contribution in [0.15, 0.2) is 41.8 Å². The van der Waals surface area contributed by atoms with Crippen molar-refractivity contribution >= 4 is 12.0 Å². The molecule has 0 aliphatic carbocycles. The maximum Gasteiger partial charge on any atom is 0.308 e. The summed E-state index contributed by atoms with van der Waals surface area (Å²) in [6, 6.07) is 9.86. The molecule has 0 saturated heterocycles. The number of ether oxygens (including phenoxy) is 1. The Morgan fingerprint density at radius 2 is 2.06 bits per heavy atom. The van der Waals surface area contributed by atoms with E-state index in [0.29, 0.717) is 5.76 Å². The van der Waals surface area contributed by atoms with Gasteiger partial charge >= 0.3 is 5.97 Å². The number of carbonyl (C=O) groups is 1. The molecule has 0 N–H and O–H groups in total. The molecule has 2 heteroatoms. The van der Waals surface area contributed by atoms with E-state index in [9.17, 15) is 4.79 Å². The van der Waals surface area contributed by atoms with Crippen molar-refractivity contribution < 1.29 is 9.53 Å². The zero-order valence-electron chi connectivity index (χ0n) is 10.4. The van der Waals surface area contributed by atoms with E-state index >= 15 is 0 Å². The summed E-state index contributed by atoms with van der Waals surface area (Å²) >= 11 is 0. The number of benzene rings is 1. The van der Waals surface area contributed by atoms with E-state index in [1.807, 2.05) is 36.4 Å². The smallest absolute Gasteiger partial charge is 0.308 e. The molecule has 0 bridgehead atoms. The molecular formula is C15H18O2. The molecule has 0 saturated carbocycles. The summed E-state index contributed by atoms with van der Waals surface area (Å²) in [6.45, 7) is 3.52. The lowest BCUT2D eigenvalue weighted by Gasteiger charge is -2.02. The molecule has 90 valence electrons. The van der Waals surface area contributed by atoms with Gasteiger partial charge in [-0.15, -0.1) is 0 Å². The quantitative estimate of drug-likeness (QED) is 0.435. The predicted molar refractivity (Wildman–Crippen MR) is 69.2 cm³/mol. The van der Waals surface area contributed by atoms with Crippen LogP contribution < -0.4 is 0 Å². The predicted octanol–water partition coefficient (Wildman–Crippen LogP) is 3.94.